The van der Waals surface area contributed by atoms with Crippen molar-refractivity contribution in [2.45, 2.75) is 40.2 Å². The van der Waals surface area contributed by atoms with Crippen molar-refractivity contribution in [2.24, 2.45) is 5.41 Å². The predicted octanol–water partition coefficient (Wildman–Crippen LogP) is 1.73. The number of nitrogens with one attached hydrogen (secondary N) is 1. The van der Waals surface area contributed by atoms with E-state index in [4.69, 9.17) is 4.74 Å². The van der Waals surface area contributed by atoms with Gasteiger partial charge in [-0.05, 0) is 18.4 Å². The van der Waals surface area contributed by atoms with Gasteiger partial charge in [-0.3, -0.25) is 4.90 Å². The van der Waals surface area contributed by atoms with Gasteiger partial charge in [0.25, 0.3) is 0 Å². The normalized spacial score (nSPS) is 23.6. The number of nitrogens with zero attached hydrogens (tertiary/aromatic N) is 1. The first-order valence-corrected chi connectivity index (χ1v) is 6.62. The van der Waals surface area contributed by atoms with Crippen LogP contribution in [0, 0.1) is 5.41 Å². The molecule has 1 saturated heterocycles. The molecule has 0 aliphatic carbocycles. The zero-order valence-electron chi connectivity index (χ0n) is 11.4. The molecule has 0 aromatic rings. The highest BCUT2D eigenvalue weighted by Gasteiger charge is 2.20. The Balaban J connectivity index is 2.17. The molecule has 1 N–H and O–H groups in total. The van der Waals surface area contributed by atoms with Gasteiger partial charge in [0, 0.05) is 26.2 Å². The van der Waals surface area contributed by atoms with Crippen molar-refractivity contribution < 1.29 is 4.74 Å². The summed E-state index contributed by atoms with van der Waals surface area (Å²) in [7, 11) is 0. The molecule has 0 spiro atoms. The summed E-state index contributed by atoms with van der Waals surface area (Å²) in [5.74, 6) is 0. The maximum absolute atomic E-state index is 5.75. The number of morpholine rings is 1. The van der Waals surface area contributed by atoms with Crippen LogP contribution in [-0.4, -0.2) is 50.3 Å². The summed E-state index contributed by atoms with van der Waals surface area (Å²) in [5, 5.41) is 3.54. The first kappa shape index (κ1) is 13.9. The lowest BCUT2D eigenvalue weighted by Crippen LogP contribution is -2.47. The van der Waals surface area contributed by atoms with Crippen LogP contribution in [0.2, 0.25) is 0 Å². The highest BCUT2D eigenvalue weighted by molar-refractivity contribution is 4.75. The van der Waals surface area contributed by atoms with Crippen LogP contribution in [0.3, 0.4) is 0 Å². The molecule has 0 saturated carbocycles. The van der Waals surface area contributed by atoms with Gasteiger partial charge in [0.05, 0.1) is 12.7 Å². The molecule has 3 heteroatoms. The highest BCUT2D eigenvalue weighted by Crippen LogP contribution is 2.17. The molecule has 96 valence electrons. The Kier molecular flexibility index (Phi) is 5.73. The molecule has 0 aromatic heterocycles. The molecule has 1 rings (SSSR count). The van der Waals surface area contributed by atoms with Crippen LogP contribution in [0.1, 0.15) is 34.1 Å². The third-order valence-corrected chi connectivity index (χ3v) is 3.60. The lowest BCUT2D eigenvalue weighted by atomic mass is 9.90. The summed E-state index contributed by atoms with van der Waals surface area (Å²) in [6.45, 7) is 15.3. The topological polar surface area (TPSA) is 24.5 Å². The second kappa shape index (κ2) is 6.58. The van der Waals surface area contributed by atoms with Crippen LogP contribution in [-0.2, 0) is 4.74 Å². The molecule has 3 nitrogen and oxygen atoms in total. The van der Waals surface area contributed by atoms with Gasteiger partial charge in [0.1, 0.15) is 0 Å². The second-order valence-electron chi connectivity index (χ2n) is 5.53. The van der Waals surface area contributed by atoms with Gasteiger partial charge in [-0.1, -0.05) is 27.7 Å². The van der Waals surface area contributed by atoms with Crippen LogP contribution in [0.4, 0.5) is 0 Å². The molecule has 1 aliphatic rings. The van der Waals surface area contributed by atoms with E-state index < -0.39 is 0 Å². The van der Waals surface area contributed by atoms with Gasteiger partial charge in [0.2, 0.25) is 0 Å². The first-order valence-electron chi connectivity index (χ1n) is 6.62. The van der Waals surface area contributed by atoms with Gasteiger partial charge in [-0.15, -0.1) is 0 Å². The Morgan fingerprint density at radius 1 is 1.38 bits per heavy atom. The van der Waals surface area contributed by atoms with E-state index >= 15 is 0 Å². The maximum atomic E-state index is 5.75. The number of hydrogen-bond acceptors (Lipinski definition) is 3. The molecular weight excluding hydrogens is 200 g/mol. The minimum atomic E-state index is 0.376. The Morgan fingerprint density at radius 2 is 2.12 bits per heavy atom. The van der Waals surface area contributed by atoms with Crippen LogP contribution in [0.25, 0.3) is 0 Å². The lowest BCUT2D eigenvalue weighted by Gasteiger charge is -2.33. The van der Waals surface area contributed by atoms with E-state index in [0.29, 0.717) is 11.5 Å². The van der Waals surface area contributed by atoms with Gasteiger partial charge in [0.15, 0.2) is 0 Å². The minimum absolute atomic E-state index is 0.376. The summed E-state index contributed by atoms with van der Waals surface area (Å²) >= 11 is 0. The number of ether oxygens (including phenoxy) is 1. The molecule has 16 heavy (non-hydrogen) atoms. The Hall–Kier alpha value is -0.120. The van der Waals surface area contributed by atoms with Gasteiger partial charge in [-0.25, -0.2) is 0 Å². The Morgan fingerprint density at radius 3 is 2.75 bits per heavy atom. The molecule has 0 amide bonds. The van der Waals surface area contributed by atoms with Gasteiger partial charge in [-0.2, -0.15) is 0 Å². The molecule has 1 aliphatic heterocycles. The van der Waals surface area contributed by atoms with Crippen LogP contribution >= 0.6 is 0 Å². The summed E-state index contributed by atoms with van der Waals surface area (Å²) < 4.78 is 5.75. The first-order chi connectivity index (χ1) is 7.57. The molecule has 0 bridgehead atoms. The fourth-order valence-corrected chi connectivity index (χ4v) is 1.89. The van der Waals surface area contributed by atoms with E-state index in [2.05, 4.69) is 37.9 Å². The molecule has 1 atom stereocenters. The fourth-order valence-electron chi connectivity index (χ4n) is 1.89. The molecule has 1 unspecified atom stereocenters. The summed E-state index contributed by atoms with van der Waals surface area (Å²) in [4.78, 5) is 2.46. The lowest BCUT2D eigenvalue weighted by molar-refractivity contribution is -0.0260. The average molecular weight is 228 g/mol. The molecule has 1 heterocycles. The second-order valence-corrected chi connectivity index (χ2v) is 5.53. The summed E-state index contributed by atoms with van der Waals surface area (Å²) in [6, 6.07) is 0. The summed E-state index contributed by atoms with van der Waals surface area (Å²) in [5.41, 5.74) is 0.402. The third-order valence-electron chi connectivity index (χ3n) is 3.60. The average Bonchev–Trinajstić information content (AvgIpc) is 2.29. The van der Waals surface area contributed by atoms with Crippen molar-refractivity contribution in [1.82, 2.24) is 10.2 Å². The van der Waals surface area contributed by atoms with E-state index in [1.54, 1.807) is 0 Å². The van der Waals surface area contributed by atoms with Crippen molar-refractivity contribution >= 4 is 0 Å². The van der Waals surface area contributed by atoms with E-state index in [1.165, 1.54) is 6.42 Å². The number of hydrogen-bond donors (Lipinski definition) is 1. The van der Waals surface area contributed by atoms with E-state index in [-0.39, 0.29) is 0 Å². The molecule has 1 fully saturated rings. The predicted molar refractivity (Wildman–Crippen MR) is 68.8 cm³/mol. The van der Waals surface area contributed by atoms with Gasteiger partial charge < -0.3 is 10.1 Å². The third kappa shape index (κ3) is 4.81. The molecule has 0 radical (unpaired) electrons. The summed E-state index contributed by atoms with van der Waals surface area (Å²) in [6.07, 6.45) is 1.59. The maximum Gasteiger partial charge on any atom is 0.0826 e. The number of rotatable bonds is 6. The zero-order valence-corrected chi connectivity index (χ0v) is 11.4. The fraction of sp³-hybridized carbons (Fsp3) is 1.00. The largest absolute Gasteiger partial charge is 0.374 e. The van der Waals surface area contributed by atoms with E-state index in [1.807, 2.05) is 0 Å². The highest BCUT2D eigenvalue weighted by atomic mass is 16.5. The molecule has 0 aromatic carbocycles. The van der Waals surface area contributed by atoms with Crippen LogP contribution in [0.5, 0.6) is 0 Å². The monoisotopic (exact) mass is 228 g/mol. The van der Waals surface area contributed by atoms with Gasteiger partial charge >= 0.3 is 0 Å². The van der Waals surface area contributed by atoms with E-state index in [9.17, 15) is 0 Å². The Bertz CT molecular complexity index is 194. The smallest absolute Gasteiger partial charge is 0.0826 e. The SMILES string of the molecule is CCN1CCOC(CNCC(C)(C)CC)C1. The standard InChI is InChI=1S/C13H28N2O/c1-5-13(3,4)11-14-9-12-10-15(6-2)7-8-16-12/h12,14H,5-11H2,1-4H3. The van der Waals surface area contributed by atoms with Crippen molar-refractivity contribution in [3.05, 3.63) is 0 Å². The number of likely N-dealkylation sites (N-methyl/N-ethyl adjacent to an activating group) is 1. The molecular formula is C13H28N2O. The Labute approximate surface area is 101 Å². The van der Waals surface area contributed by atoms with Crippen LogP contribution < -0.4 is 5.32 Å². The quantitative estimate of drug-likeness (QED) is 0.749. The van der Waals surface area contributed by atoms with Crippen molar-refractivity contribution in [2.75, 3.05) is 39.3 Å². The van der Waals surface area contributed by atoms with Crippen molar-refractivity contribution in [1.29, 1.82) is 0 Å². The minimum Gasteiger partial charge on any atom is -0.374 e. The van der Waals surface area contributed by atoms with E-state index in [0.717, 1.165) is 39.3 Å². The van der Waals surface area contributed by atoms with Crippen LogP contribution in [0.15, 0.2) is 0 Å². The van der Waals surface area contributed by atoms with Crippen molar-refractivity contribution in [3.63, 3.8) is 0 Å². The van der Waals surface area contributed by atoms with Crippen molar-refractivity contribution in [3.8, 4) is 0 Å². The zero-order chi connectivity index (χ0) is 12.0.